The first kappa shape index (κ1) is 13.9. The number of hydrogen-bond donors (Lipinski definition) is 2. The van der Waals surface area contributed by atoms with Gasteiger partial charge in [0.1, 0.15) is 0 Å². The molecule has 3 N–H and O–H groups in total. The number of carbonyl (C=O) groups excluding carboxylic acids is 1. The summed E-state index contributed by atoms with van der Waals surface area (Å²) in [6, 6.07) is 5.78. The van der Waals surface area contributed by atoms with Gasteiger partial charge < -0.3 is 5.73 Å². The summed E-state index contributed by atoms with van der Waals surface area (Å²) in [7, 11) is -3.79. The summed E-state index contributed by atoms with van der Waals surface area (Å²) in [5, 5.41) is 0. The highest BCUT2D eigenvalue weighted by Crippen LogP contribution is 2.31. The molecule has 1 fully saturated rings. The molecule has 5 nitrogen and oxygen atoms in total. The Kier molecular flexibility index (Phi) is 3.80. The number of nitrogen functional groups attached to an aromatic ring is 1. The topological polar surface area (TPSA) is 89.3 Å². The molecule has 1 aromatic carbocycles. The summed E-state index contributed by atoms with van der Waals surface area (Å²) in [6.07, 6.45) is 2.70. The smallest absolute Gasteiger partial charge is 0.264 e. The number of sulfonamides is 1. The third-order valence-electron chi connectivity index (χ3n) is 3.62. The van der Waals surface area contributed by atoms with Crippen LogP contribution >= 0.6 is 0 Å². The summed E-state index contributed by atoms with van der Waals surface area (Å²) in [5.74, 6) is -0.369. The van der Waals surface area contributed by atoms with Crippen molar-refractivity contribution >= 4 is 21.6 Å². The van der Waals surface area contributed by atoms with Crippen LogP contribution in [0.4, 0.5) is 5.69 Å². The molecule has 0 radical (unpaired) electrons. The lowest BCUT2D eigenvalue weighted by Gasteiger charge is -2.15. The molecule has 1 aliphatic carbocycles. The molecule has 0 bridgehead atoms. The van der Waals surface area contributed by atoms with E-state index >= 15 is 0 Å². The summed E-state index contributed by atoms with van der Waals surface area (Å²) < 4.78 is 26.2. The predicted molar refractivity (Wildman–Crippen MR) is 72.7 cm³/mol. The third kappa shape index (κ3) is 3.07. The Morgan fingerprint density at radius 1 is 1.26 bits per heavy atom. The van der Waals surface area contributed by atoms with Crippen LogP contribution in [-0.2, 0) is 14.8 Å². The van der Waals surface area contributed by atoms with Gasteiger partial charge in [-0.05, 0) is 43.0 Å². The van der Waals surface area contributed by atoms with Crippen LogP contribution in [0.2, 0.25) is 0 Å². The zero-order valence-electron chi connectivity index (χ0n) is 10.8. The standard InChI is InChI=1S/C13H18N2O3S/c1-9-3-2-4-12(9)13(16)15-19(17,18)11-7-5-10(14)6-8-11/h5-9,12H,2-4,14H2,1H3,(H,15,16). The van der Waals surface area contributed by atoms with Gasteiger partial charge in [0.15, 0.2) is 0 Å². The SMILES string of the molecule is CC1CCCC1C(=O)NS(=O)(=O)c1ccc(N)cc1. The van der Waals surface area contributed by atoms with Crippen molar-refractivity contribution in [2.75, 3.05) is 5.73 Å². The van der Waals surface area contributed by atoms with Gasteiger partial charge in [-0.25, -0.2) is 13.1 Å². The van der Waals surface area contributed by atoms with E-state index in [2.05, 4.69) is 4.72 Å². The van der Waals surface area contributed by atoms with Crippen molar-refractivity contribution < 1.29 is 13.2 Å². The van der Waals surface area contributed by atoms with Crippen molar-refractivity contribution in [1.82, 2.24) is 4.72 Å². The Hall–Kier alpha value is -1.56. The first-order valence-electron chi connectivity index (χ1n) is 6.32. The molecule has 19 heavy (non-hydrogen) atoms. The molecule has 1 aliphatic rings. The van der Waals surface area contributed by atoms with E-state index in [1.807, 2.05) is 6.92 Å². The molecule has 0 aliphatic heterocycles. The maximum atomic E-state index is 12.0. The number of anilines is 1. The first-order chi connectivity index (χ1) is 8.90. The highest BCUT2D eigenvalue weighted by atomic mass is 32.2. The molecule has 1 aromatic rings. The van der Waals surface area contributed by atoms with E-state index in [1.165, 1.54) is 24.3 Å². The molecule has 6 heteroatoms. The lowest BCUT2D eigenvalue weighted by atomic mass is 9.98. The van der Waals surface area contributed by atoms with Gasteiger partial charge in [-0.3, -0.25) is 4.79 Å². The zero-order valence-corrected chi connectivity index (χ0v) is 11.6. The maximum Gasteiger partial charge on any atom is 0.264 e. The molecule has 2 atom stereocenters. The number of benzene rings is 1. The summed E-state index contributed by atoms with van der Waals surface area (Å²) in [6.45, 7) is 1.98. The van der Waals surface area contributed by atoms with Crippen LogP contribution in [0.25, 0.3) is 0 Å². The number of carbonyl (C=O) groups is 1. The van der Waals surface area contributed by atoms with E-state index < -0.39 is 15.9 Å². The molecule has 1 amide bonds. The minimum absolute atomic E-state index is 0.0562. The summed E-state index contributed by atoms with van der Waals surface area (Å²) in [5.41, 5.74) is 5.99. The van der Waals surface area contributed by atoms with Crippen molar-refractivity contribution in [2.24, 2.45) is 11.8 Å². The van der Waals surface area contributed by atoms with E-state index in [4.69, 9.17) is 5.73 Å². The molecule has 2 rings (SSSR count). The minimum Gasteiger partial charge on any atom is -0.399 e. The summed E-state index contributed by atoms with van der Waals surface area (Å²) in [4.78, 5) is 12.1. The van der Waals surface area contributed by atoms with Crippen LogP contribution in [0.5, 0.6) is 0 Å². The highest BCUT2D eigenvalue weighted by molar-refractivity contribution is 7.90. The molecule has 0 saturated heterocycles. The van der Waals surface area contributed by atoms with Crippen molar-refractivity contribution in [2.45, 2.75) is 31.1 Å². The molecular weight excluding hydrogens is 264 g/mol. The van der Waals surface area contributed by atoms with Gasteiger partial charge in [-0.1, -0.05) is 13.3 Å². The Morgan fingerprint density at radius 3 is 2.42 bits per heavy atom. The third-order valence-corrected chi connectivity index (χ3v) is 4.99. The first-order valence-corrected chi connectivity index (χ1v) is 7.80. The maximum absolute atomic E-state index is 12.0. The fourth-order valence-electron chi connectivity index (χ4n) is 2.45. The number of hydrogen-bond acceptors (Lipinski definition) is 4. The number of nitrogens with one attached hydrogen (secondary N) is 1. The van der Waals surface area contributed by atoms with Crippen molar-refractivity contribution in [3.63, 3.8) is 0 Å². The molecule has 0 aromatic heterocycles. The van der Waals surface area contributed by atoms with E-state index in [9.17, 15) is 13.2 Å². The lowest BCUT2D eigenvalue weighted by Crippen LogP contribution is -2.36. The Morgan fingerprint density at radius 2 is 1.89 bits per heavy atom. The fraction of sp³-hybridized carbons (Fsp3) is 0.462. The highest BCUT2D eigenvalue weighted by Gasteiger charge is 2.32. The van der Waals surface area contributed by atoms with Crippen LogP contribution in [0.1, 0.15) is 26.2 Å². The average Bonchev–Trinajstić information content (AvgIpc) is 2.75. The number of rotatable bonds is 3. The van der Waals surface area contributed by atoms with Crippen LogP contribution < -0.4 is 10.5 Å². The van der Waals surface area contributed by atoms with E-state index in [0.29, 0.717) is 5.69 Å². The van der Waals surface area contributed by atoms with Gasteiger partial charge in [0, 0.05) is 11.6 Å². The van der Waals surface area contributed by atoms with Crippen LogP contribution in [-0.4, -0.2) is 14.3 Å². The summed E-state index contributed by atoms with van der Waals surface area (Å²) >= 11 is 0. The molecule has 0 spiro atoms. The van der Waals surface area contributed by atoms with Gasteiger partial charge in [-0.2, -0.15) is 0 Å². The van der Waals surface area contributed by atoms with Gasteiger partial charge >= 0.3 is 0 Å². The Balaban J connectivity index is 2.13. The largest absolute Gasteiger partial charge is 0.399 e. The second-order valence-electron chi connectivity index (χ2n) is 5.05. The Bertz CT molecular complexity index is 566. The van der Waals surface area contributed by atoms with Crippen LogP contribution in [0.15, 0.2) is 29.2 Å². The van der Waals surface area contributed by atoms with Gasteiger partial charge in [0.05, 0.1) is 4.90 Å². The lowest BCUT2D eigenvalue weighted by molar-refractivity contribution is -0.124. The second kappa shape index (κ2) is 5.21. The van der Waals surface area contributed by atoms with Gasteiger partial charge in [-0.15, -0.1) is 0 Å². The molecule has 1 saturated carbocycles. The van der Waals surface area contributed by atoms with Gasteiger partial charge in [0.2, 0.25) is 5.91 Å². The van der Waals surface area contributed by atoms with E-state index in [-0.39, 0.29) is 16.7 Å². The average molecular weight is 282 g/mol. The quantitative estimate of drug-likeness (QED) is 0.822. The number of amides is 1. The molecule has 0 heterocycles. The minimum atomic E-state index is -3.79. The normalized spacial score (nSPS) is 23.2. The van der Waals surface area contributed by atoms with Crippen molar-refractivity contribution in [3.05, 3.63) is 24.3 Å². The van der Waals surface area contributed by atoms with E-state index in [0.717, 1.165) is 19.3 Å². The molecular formula is C13H18N2O3S. The van der Waals surface area contributed by atoms with Gasteiger partial charge in [0.25, 0.3) is 10.0 Å². The zero-order chi connectivity index (χ0) is 14.0. The second-order valence-corrected chi connectivity index (χ2v) is 6.74. The number of nitrogens with two attached hydrogens (primary N) is 1. The fourth-order valence-corrected chi connectivity index (χ4v) is 3.48. The Labute approximate surface area is 113 Å². The van der Waals surface area contributed by atoms with Crippen LogP contribution in [0, 0.1) is 11.8 Å². The van der Waals surface area contributed by atoms with Crippen LogP contribution in [0.3, 0.4) is 0 Å². The molecule has 104 valence electrons. The predicted octanol–water partition coefficient (Wildman–Crippen LogP) is 1.51. The monoisotopic (exact) mass is 282 g/mol. The molecule has 2 unspecified atom stereocenters. The van der Waals surface area contributed by atoms with E-state index in [1.54, 1.807) is 0 Å². The van der Waals surface area contributed by atoms with Crippen molar-refractivity contribution in [3.8, 4) is 0 Å². The van der Waals surface area contributed by atoms with Crippen molar-refractivity contribution in [1.29, 1.82) is 0 Å².